The second-order valence-corrected chi connectivity index (χ2v) is 8.79. The van der Waals surface area contributed by atoms with Gasteiger partial charge in [-0.05, 0) is 60.7 Å². The quantitative estimate of drug-likeness (QED) is 0.507. The van der Waals surface area contributed by atoms with Crippen LogP contribution in [0.3, 0.4) is 0 Å². The smallest absolute Gasteiger partial charge is 0.261 e. The van der Waals surface area contributed by atoms with E-state index in [-0.39, 0.29) is 10.8 Å². The molecule has 0 aromatic heterocycles. The van der Waals surface area contributed by atoms with Gasteiger partial charge in [0.25, 0.3) is 15.9 Å². The first-order valence-corrected chi connectivity index (χ1v) is 11.0. The Balaban J connectivity index is 1.74. The minimum absolute atomic E-state index is 0.0754. The molecule has 156 valence electrons. The number of carbonyl (C=O) groups excluding carboxylic acids is 1. The van der Waals surface area contributed by atoms with Crippen molar-refractivity contribution in [2.75, 3.05) is 24.3 Å². The third kappa shape index (κ3) is 5.31. The Bertz CT molecular complexity index is 1120. The average molecular weight is 491 g/mol. The zero-order chi connectivity index (χ0) is 21.7. The summed E-state index contributed by atoms with van der Waals surface area (Å²) >= 11 is 3.30. The van der Waals surface area contributed by atoms with E-state index in [0.29, 0.717) is 28.4 Å². The summed E-state index contributed by atoms with van der Waals surface area (Å²) in [6.45, 7) is 0. The first kappa shape index (κ1) is 21.7. The van der Waals surface area contributed by atoms with Gasteiger partial charge in [0, 0.05) is 27.5 Å². The summed E-state index contributed by atoms with van der Waals surface area (Å²) in [4.78, 5) is 12.6. The van der Waals surface area contributed by atoms with Crippen molar-refractivity contribution in [2.24, 2.45) is 0 Å². The number of halogens is 1. The van der Waals surface area contributed by atoms with Gasteiger partial charge >= 0.3 is 0 Å². The van der Waals surface area contributed by atoms with Gasteiger partial charge in [0.05, 0.1) is 19.1 Å². The van der Waals surface area contributed by atoms with Gasteiger partial charge in [0.15, 0.2) is 0 Å². The molecule has 0 aliphatic rings. The number of methoxy groups -OCH3 is 2. The number of anilines is 2. The highest BCUT2D eigenvalue weighted by molar-refractivity contribution is 9.10. The van der Waals surface area contributed by atoms with Gasteiger partial charge < -0.3 is 14.8 Å². The zero-order valence-electron chi connectivity index (χ0n) is 16.2. The van der Waals surface area contributed by atoms with Gasteiger partial charge in [0.2, 0.25) is 0 Å². The Kier molecular flexibility index (Phi) is 6.63. The van der Waals surface area contributed by atoms with Crippen LogP contribution in [0.4, 0.5) is 11.4 Å². The fraction of sp³-hybridized carbons (Fsp3) is 0.0952. The molecule has 1 amide bonds. The van der Waals surface area contributed by atoms with Crippen molar-refractivity contribution in [3.05, 3.63) is 76.8 Å². The molecule has 0 radical (unpaired) electrons. The van der Waals surface area contributed by atoms with Crippen LogP contribution < -0.4 is 19.5 Å². The number of rotatable bonds is 7. The van der Waals surface area contributed by atoms with Crippen LogP contribution >= 0.6 is 15.9 Å². The number of ether oxygens (including phenoxy) is 2. The van der Waals surface area contributed by atoms with Gasteiger partial charge in [-0.3, -0.25) is 9.52 Å². The van der Waals surface area contributed by atoms with Crippen LogP contribution in [0.25, 0.3) is 0 Å². The second kappa shape index (κ2) is 9.19. The standard InChI is InChI=1S/C21H19BrN2O5S/c1-28-18-11-14(12-19(13-18)29-2)21(25)23-16-7-9-20(10-8-16)30(26,27)24-17-5-3-15(22)4-6-17/h3-13,24H,1-2H3,(H,23,25). The van der Waals surface area contributed by atoms with Gasteiger partial charge in [-0.25, -0.2) is 8.42 Å². The first-order valence-electron chi connectivity index (χ1n) is 8.73. The molecular weight excluding hydrogens is 472 g/mol. The van der Waals surface area contributed by atoms with E-state index >= 15 is 0 Å². The van der Waals surface area contributed by atoms with Crippen LogP contribution in [-0.4, -0.2) is 28.5 Å². The molecule has 3 rings (SSSR count). The maximum Gasteiger partial charge on any atom is 0.261 e. The van der Waals surface area contributed by atoms with Crippen molar-refractivity contribution in [1.82, 2.24) is 0 Å². The Morgan fingerprint density at radius 2 is 1.37 bits per heavy atom. The summed E-state index contributed by atoms with van der Waals surface area (Å²) in [5, 5.41) is 2.72. The number of nitrogens with one attached hydrogen (secondary N) is 2. The molecule has 0 unspecified atom stereocenters. The van der Waals surface area contributed by atoms with E-state index in [4.69, 9.17) is 9.47 Å². The molecule has 30 heavy (non-hydrogen) atoms. The molecule has 0 spiro atoms. The van der Waals surface area contributed by atoms with Crippen molar-refractivity contribution in [3.8, 4) is 11.5 Å². The Morgan fingerprint density at radius 3 is 1.90 bits per heavy atom. The van der Waals surface area contributed by atoms with Gasteiger partial charge in [0.1, 0.15) is 11.5 Å². The third-order valence-corrected chi connectivity index (χ3v) is 6.06. The summed E-state index contributed by atoms with van der Waals surface area (Å²) in [5.41, 5.74) is 1.24. The highest BCUT2D eigenvalue weighted by atomic mass is 79.9. The molecule has 0 bridgehead atoms. The summed E-state index contributed by atoms with van der Waals surface area (Å²) in [7, 11) is -0.757. The van der Waals surface area contributed by atoms with Crippen LogP contribution in [0.15, 0.2) is 76.1 Å². The fourth-order valence-electron chi connectivity index (χ4n) is 2.59. The van der Waals surface area contributed by atoms with Crippen molar-refractivity contribution in [1.29, 1.82) is 0 Å². The minimum Gasteiger partial charge on any atom is -0.497 e. The van der Waals surface area contributed by atoms with E-state index in [9.17, 15) is 13.2 Å². The molecule has 3 aromatic carbocycles. The second-order valence-electron chi connectivity index (χ2n) is 6.19. The molecule has 0 atom stereocenters. The van der Waals surface area contributed by atoms with Gasteiger partial charge in [-0.15, -0.1) is 0 Å². The van der Waals surface area contributed by atoms with Crippen LogP contribution in [-0.2, 0) is 10.0 Å². The maximum absolute atomic E-state index is 12.5. The number of hydrogen-bond acceptors (Lipinski definition) is 5. The summed E-state index contributed by atoms with van der Waals surface area (Å²) in [6.07, 6.45) is 0. The highest BCUT2D eigenvalue weighted by Gasteiger charge is 2.15. The molecule has 0 fully saturated rings. The summed E-state index contributed by atoms with van der Waals surface area (Å²) in [5.74, 6) is 0.593. The maximum atomic E-state index is 12.5. The van der Waals surface area contributed by atoms with Crippen LogP contribution in [0.1, 0.15) is 10.4 Å². The average Bonchev–Trinajstić information content (AvgIpc) is 2.75. The topological polar surface area (TPSA) is 93.7 Å². The summed E-state index contributed by atoms with van der Waals surface area (Å²) < 4.78 is 38.8. The molecule has 2 N–H and O–H groups in total. The largest absolute Gasteiger partial charge is 0.497 e. The van der Waals surface area contributed by atoms with E-state index in [2.05, 4.69) is 26.0 Å². The third-order valence-electron chi connectivity index (χ3n) is 4.13. The normalized spacial score (nSPS) is 10.9. The van der Waals surface area contributed by atoms with Crippen molar-refractivity contribution < 1.29 is 22.7 Å². The Morgan fingerprint density at radius 1 is 0.833 bits per heavy atom. The molecule has 0 aliphatic heterocycles. The molecule has 9 heteroatoms. The van der Waals surface area contributed by atoms with Crippen LogP contribution in [0, 0.1) is 0 Å². The van der Waals surface area contributed by atoms with Crippen molar-refractivity contribution >= 4 is 43.2 Å². The monoisotopic (exact) mass is 490 g/mol. The lowest BCUT2D eigenvalue weighted by molar-refractivity contribution is 0.102. The van der Waals surface area contributed by atoms with E-state index < -0.39 is 10.0 Å². The molecular formula is C21H19BrN2O5S. The van der Waals surface area contributed by atoms with Gasteiger partial charge in [-0.2, -0.15) is 0 Å². The van der Waals surface area contributed by atoms with E-state index in [1.54, 1.807) is 42.5 Å². The number of carbonyl (C=O) groups is 1. The van der Waals surface area contributed by atoms with Gasteiger partial charge in [-0.1, -0.05) is 15.9 Å². The summed E-state index contributed by atoms with van der Waals surface area (Å²) in [6, 6.07) is 17.5. The number of hydrogen-bond donors (Lipinski definition) is 2. The molecule has 3 aromatic rings. The van der Waals surface area contributed by atoms with E-state index in [0.717, 1.165) is 4.47 Å². The van der Waals surface area contributed by atoms with E-state index in [1.165, 1.54) is 38.5 Å². The SMILES string of the molecule is COc1cc(OC)cc(C(=O)Nc2ccc(S(=O)(=O)Nc3ccc(Br)cc3)cc2)c1. The molecule has 0 aliphatic carbocycles. The molecule has 0 saturated heterocycles. The van der Waals surface area contributed by atoms with Crippen LogP contribution in [0.2, 0.25) is 0 Å². The Hall–Kier alpha value is -3.04. The Labute approximate surface area is 183 Å². The number of benzene rings is 3. The van der Waals surface area contributed by atoms with E-state index in [1.807, 2.05) is 0 Å². The number of amides is 1. The number of sulfonamides is 1. The fourth-order valence-corrected chi connectivity index (χ4v) is 3.91. The molecule has 7 nitrogen and oxygen atoms in total. The lowest BCUT2D eigenvalue weighted by atomic mass is 10.2. The molecule has 0 heterocycles. The molecule has 0 saturated carbocycles. The predicted molar refractivity (Wildman–Crippen MR) is 119 cm³/mol. The van der Waals surface area contributed by atoms with Crippen molar-refractivity contribution in [2.45, 2.75) is 4.90 Å². The van der Waals surface area contributed by atoms with Crippen molar-refractivity contribution in [3.63, 3.8) is 0 Å². The zero-order valence-corrected chi connectivity index (χ0v) is 18.6. The highest BCUT2D eigenvalue weighted by Crippen LogP contribution is 2.24. The minimum atomic E-state index is -3.75. The lowest BCUT2D eigenvalue weighted by Gasteiger charge is -2.11. The first-order chi connectivity index (χ1) is 14.3. The lowest BCUT2D eigenvalue weighted by Crippen LogP contribution is -2.14. The van der Waals surface area contributed by atoms with Crippen LogP contribution in [0.5, 0.6) is 11.5 Å². The predicted octanol–water partition coefficient (Wildman–Crippen LogP) is 4.52.